The van der Waals surface area contributed by atoms with E-state index in [4.69, 9.17) is 40.6 Å². The lowest BCUT2D eigenvalue weighted by Crippen LogP contribution is -2.62. The summed E-state index contributed by atoms with van der Waals surface area (Å²) in [4.78, 5) is 105. The highest BCUT2D eigenvalue weighted by atomic mass is 79.9. The van der Waals surface area contributed by atoms with Crippen molar-refractivity contribution in [2.45, 2.75) is 190 Å². The van der Waals surface area contributed by atoms with Crippen molar-refractivity contribution in [3.63, 3.8) is 0 Å². The molecule has 0 bridgehead atoms. The Morgan fingerprint density at radius 2 is 0.793 bits per heavy atom. The van der Waals surface area contributed by atoms with Crippen molar-refractivity contribution in [3.8, 4) is 45.6 Å². The minimum atomic E-state index is -1.25. The lowest BCUT2D eigenvalue weighted by molar-refractivity contribution is -0.387. The first-order valence-electron chi connectivity index (χ1n) is 45.1. The van der Waals surface area contributed by atoms with Gasteiger partial charge in [-0.15, -0.1) is 0 Å². The number of anilines is 3. The zero-order valence-electron chi connectivity index (χ0n) is 77.8. The summed E-state index contributed by atoms with van der Waals surface area (Å²) in [5.41, 5.74) is 7.07. The lowest BCUT2D eigenvalue weighted by atomic mass is 9.79. The third-order valence-corrected chi connectivity index (χ3v) is 22.3. The number of carbonyl (C=O) groups is 1. The van der Waals surface area contributed by atoms with Crippen molar-refractivity contribution in [3.05, 3.63) is 250 Å². The van der Waals surface area contributed by atoms with Gasteiger partial charge in [-0.25, -0.2) is 49.8 Å². The van der Waals surface area contributed by atoms with Crippen LogP contribution in [0.25, 0.3) is 45.6 Å². The lowest BCUT2D eigenvalue weighted by Gasteiger charge is -2.43. The van der Waals surface area contributed by atoms with Gasteiger partial charge < -0.3 is 92.2 Å². The standard InChI is InChI=1S/C22H31N5O6.C16H20N4O3.C16H18N4O3.C12H15BFNO4.C10H6FN3O2.C6H13NO4.C6H15NO.C4H3BrN2/c28-14-18-20(30)21(31)19(29)13-26(18)11-4-2-1-3-8-23-16-7-6-15(12-17(16)27(32)33)22-24-9-5-10-25-22;2*21-11-4-2-1-3-8-17-14-7-6-13(12-15(14)20(22)23)16-18-9-5-10-19-16;1-11(2)12(3,4)19-13(18-11)8-5-6-9(14)10(7-8)15(16)17;11-8-3-2-7(6-9(8)14(15)16)10-12-4-1-5-13-10;8-2-3-5(10)6(11)4(9)1-7-3;7-5-3-1-2-4-6-8;5-4-6-2-1-3-7-4/h5-7,9-10,12,18-21,23,28-31H,1-4,8,11,13-14H2;5-7,9-10,12,17,21H,1-4,8,11H2;5-7,9-12,17H,1-4,8H2;5-7H,1-4H3;1-6H;3-11H,1-2H2;8H,1-7H2;1-3H/t18-,19+,20-,21-;;;;;3-,4+,5-,6-;;/m1....1../s1. The van der Waals surface area contributed by atoms with Gasteiger partial charge in [-0.05, 0) is 198 Å². The molecule has 3 aliphatic heterocycles. The van der Waals surface area contributed by atoms with Crippen molar-refractivity contribution in [1.82, 2.24) is 60.1 Å². The van der Waals surface area contributed by atoms with Gasteiger partial charge in [0.25, 0.3) is 17.1 Å². The number of benzene rings is 5. The molecule has 13 rings (SSSR count). The molecule has 3 aliphatic rings. The molecule has 8 atom stereocenters. The van der Waals surface area contributed by atoms with Gasteiger partial charge in [0.15, 0.2) is 33.8 Å². The van der Waals surface area contributed by atoms with Gasteiger partial charge in [0.05, 0.1) is 79.4 Å². The topological polar surface area (TPSA) is 660 Å². The van der Waals surface area contributed by atoms with Gasteiger partial charge in [0, 0.05) is 167 Å². The first-order chi connectivity index (χ1) is 67.1. The number of nitro benzene ring substituents is 5. The van der Waals surface area contributed by atoms with Crippen molar-refractivity contribution in [2.75, 3.05) is 88.2 Å². The van der Waals surface area contributed by atoms with E-state index >= 15 is 0 Å². The number of nitrogens with one attached hydrogen (secondary N) is 4. The molecule has 0 aliphatic carbocycles. The molecular weight excluding hydrogens is 1900 g/mol. The summed E-state index contributed by atoms with van der Waals surface area (Å²) in [6, 6.07) is 29.3. The van der Waals surface area contributed by atoms with E-state index in [2.05, 4.69) is 87.0 Å². The summed E-state index contributed by atoms with van der Waals surface area (Å²) in [6.45, 7) is 11.2. The molecule has 3 saturated heterocycles. The first kappa shape index (κ1) is 116. The zero-order valence-corrected chi connectivity index (χ0v) is 79.4. The van der Waals surface area contributed by atoms with Crippen LogP contribution in [0.2, 0.25) is 0 Å². The quantitative estimate of drug-likeness (QED) is 0.00425. The van der Waals surface area contributed by atoms with Gasteiger partial charge in [-0.3, -0.25) is 55.5 Å². The van der Waals surface area contributed by atoms with E-state index in [1.807, 2.05) is 32.6 Å². The number of hydrogen-bond acceptors (Lipinski definition) is 39. The van der Waals surface area contributed by atoms with Crippen LogP contribution in [0.4, 0.5) is 54.3 Å². The fourth-order valence-corrected chi connectivity index (χ4v) is 13.8. The number of aliphatic hydroxyl groups excluding tert-OH is 10. The number of halogens is 3. The highest BCUT2D eigenvalue weighted by molar-refractivity contribution is 9.10. The third-order valence-electron chi connectivity index (χ3n) is 21.9. The molecule has 5 aromatic heterocycles. The maximum atomic E-state index is 13.3. The van der Waals surface area contributed by atoms with Crippen LogP contribution in [0.5, 0.6) is 0 Å². The van der Waals surface area contributed by atoms with Crippen molar-refractivity contribution in [2.24, 2.45) is 5.73 Å². The number of hydrogen-bond donors (Lipinski definition) is 15. The van der Waals surface area contributed by atoms with E-state index < -0.39 is 115 Å². The molecule has 0 unspecified atom stereocenters. The Morgan fingerprint density at radius 3 is 1.15 bits per heavy atom. The number of rotatable bonds is 39. The Bertz CT molecular complexity index is 5350. The number of nitro groups is 5. The minimum absolute atomic E-state index is 0.00263. The van der Waals surface area contributed by atoms with Crippen molar-refractivity contribution >= 4 is 80.3 Å². The van der Waals surface area contributed by atoms with Crippen LogP contribution in [0, 0.1) is 62.2 Å². The van der Waals surface area contributed by atoms with Crippen LogP contribution in [0.15, 0.2) is 188 Å². The van der Waals surface area contributed by atoms with E-state index in [0.29, 0.717) is 112 Å². The van der Waals surface area contributed by atoms with Crippen LogP contribution in [0.3, 0.4) is 0 Å². The number of unbranched alkanes of at least 4 members (excludes halogenated alkanes) is 12. The largest absolute Gasteiger partial charge is 0.495 e. The summed E-state index contributed by atoms with van der Waals surface area (Å²) >= 11 is 3.09. The fraction of sp³-hybridized carbons (Fsp3) is 0.446. The summed E-state index contributed by atoms with van der Waals surface area (Å²) < 4.78 is 38.5. The van der Waals surface area contributed by atoms with Gasteiger partial charge in [0.2, 0.25) is 5.82 Å². The van der Waals surface area contributed by atoms with Crippen LogP contribution < -0.4 is 32.5 Å². The molecule has 48 heteroatoms. The molecule has 0 amide bonds. The summed E-state index contributed by atoms with van der Waals surface area (Å²) in [6.07, 6.45) is 24.7. The molecular formula is C92H121BBrF2N21O23. The predicted molar refractivity (Wildman–Crippen MR) is 521 cm³/mol. The molecule has 5 aromatic carbocycles. The number of carbonyl (C=O) groups excluding carboxylic acids is 1. The molecule has 0 spiro atoms. The summed E-state index contributed by atoms with van der Waals surface area (Å²) in [5.74, 6) is -0.0680. The van der Waals surface area contributed by atoms with Gasteiger partial charge in [-0.2, -0.15) is 8.78 Å². The van der Waals surface area contributed by atoms with Crippen LogP contribution in [-0.4, -0.2) is 276 Å². The zero-order chi connectivity index (χ0) is 103. The molecule has 8 heterocycles. The Kier molecular flexibility index (Phi) is 51.8. The molecule has 756 valence electrons. The summed E-state index contributed by atoms with van der Waals surface area (Å²) in [5, 5.41) is 159. The number of β-amino-alcohol motifs (C(OH)–C–C–N with tert-alkyl or cyclic N) is 2. The average molecular weight is 2020 g/mol. The van der Waals surface area contributed by atoms with E-state index in [-0.39, 0.29) is 50.0 Å². The monoisotopic (exact) mass is 2020 g/mol. The van der Waals surface area contributed by atoms with Crippen molar-refractivity contribution in [1.29, 1.82) is 0 Å². The number of aliphatic hydroxyl groups is 10. The summed E-state index contributed by atoms with van der Waals surface area (Å²) in [7, 11) is -0.732. The molecule has 0 radical (unpaired) electrons. The highest BCUT2D eigenvalue weighted by Crippen LogP contribution is 2.38. The van der Waals surface area contributed by atoms with Crippen LogP contribution in [0.1, 0.15) is 130 Å². The van der Waals surface area contributed by atoms with E-state index in [0.717, 1.165) is 133 Å². The predicted octanol–water partition coefficient (Wildman–Crippen LogP) is 10.0. The SMILES string of the molecule is Brc1ncccn1.CC1(C)OB(c2ccc(F)c([N+](=O)[O-])c2)OC1(C)C.NCCCCCCO.O=CCCCCCNc1ccc(-c2ncccn2)cc1[N+](=O)[O-].O=[N+]([O-])c1cc(-c2ncccn2)ccc1F.O=[N+]([O-])c1cc(-c2ncccn2)ccc1NCCCCCCN1C[C@H](O)[C@@H](O)[C@H](O)[C@H]1CO.O=[N+]([O-])c1cc(-c2ncccn2)ccc1NCCCCCCO.OC[C@H]1NC[C@H](O)[C@@H](O)[C@@H]1O. The van der Waals surface area contributed by atoms with Gasteiger partial charge in [-0.1, -0.05) is 51.0 Å². The number of piperidine rings is 2. The second kappa shape index (κ2) is 62.4. The second-order valence-electron chi connectivity index (χ2n) is 32.6. The van der Waals surface area contributed by atoms with E-state index in [9.17, 15) is 89.7 Å². The van der Waals surface area contributed by atoms with Gasteiger partial charge in [0.1, 0.15) is 41.7 Å². The molecule has 44 nitrogen and oxygen atoms in total. The van der Waals surface area contributed by atoms with Crippen molar-refractivity contribution < 1.29 is 98.6 Å². The molecule has 3 fully saturated rings. The maximum Gasteiger partial charge on any atom is 0.495 e. The Morgan fingerprint density at radius 1 is 0.450 bits per heavy atom. The maximum absolute atomic E-state index is 13.3. The Labute approximate surface area is 814 Å². The molecule has 16 N–H and O–H groups in total. The molecule has 0 saturated carbocycles. The fourth-order valence-electron chi connectivity index (χ4n) is 13.6. The Balaban J connectivity index is 0.000000255. The average Bonchev–Trinajstić information content (AvgIpc) is 1.62. The van der Waals surface area contributed by atoms with Gasteiger partial charge >= 0.3 is 18.5 Å². The third kappa shape index (κ3) is 38.9. The van der Waals surface area contributed by atoms with Crippen LogP contribution in [-0.2, 0) is 14.1 Å². The number of likely N-dealkylation sites (tertiary alicyclic amines) is 1. The smallest absolute Gasteiger partial charge is 0.399 e. The number of nitrogens with two attached hydrogens (primary N) is 1. The first-order valence-corrected chi connectivity index (χ1v) is 45.9. The second-order valence-corrected chi connectivity index (χ2v) is 33.3. The number of aldehydes is 1. The Hall–Kier alpha value is -12.6. The van der Waals surface area contributed by atoms with E-state index in [1.54, 1.807) is 116 Å². The molecule has 10 aromatic rings. The van der Waals surface area contributed by atoms with Crippen LogP contribution >= 0.6 is 15.9 Å². The number of aromatic nitrogens is 10. The minimum Gasteiger partial charge on any atom is -0.399 e. The highest BCUT2D eigenvalue weighted by Gasteiger charge is 2.52. The normalized spacial score (nSPS) is 17.5. The molecule has 140 heavy (non-hydrogen) atoms. The van der Waals surface area contributed by atoms with E-state index in [1.165, 1.54) is 42.7 Å². The number of nitrogens with zero attached hydrogens (tertiary/aromatic N) is 16.